The molecule has 1 aromatic heterocycles. The maximum Gasteiger partial charge on any atom is 0.235 e. The summed E-state index contributed by atoms with van der Waals surface area (Å²) in [5, 5.41) is 0.697. The molecule has 1 heterocycles. The van der Waals surface area contributed by atoms with Gasteiger partial charge in [-0.05, 0) is 88.6 Å². The zero-order chi connectivity index (χ0) is 22.0. The van der Waals surface area contributed by atoms with E-state index in [0.29, 0.717) is 34.3 Å². The summed E-state index contributed by atoms with van der Waals surface area (Å²) in [5.74, 6) is 2.37. The van der Waals surface area contributed by atoms with Gasteiger partial charge in [0.15, 0.2) is 15.0 Å². The lowest BCUT2D eigenvalue weighted by molar-refractivity contribution is -0.143. The first-order valence-electron chi connectivity index (χ1n) is 11.2. The molecule has 31 heavy (non-hydrogen) atoms. The first kappa shape index (κ1) is 21.3. The average Bonchev–Trinajstić information content (AvgIpc) is 3.09. The number of fused-ring (bicyclic) bond motifs is 1. The minimum Gasteiger partial charge on any atom is -0.308 e. The molecule has 6 rings (SSSR count). The third-order valence-electron chi connectivity index (χ3n) is 7.52. The molecule has 2 aromatic rings. The van der Waals surface area contributed by atoms with Crippen LogP contribution in [0.3, 0.4) is 0 Å². The van der Waals surface area contributed by atoms with E-state index in [0.717, 1.165) is 36.0 Å². The summed E-state index contributed by atoms with van der Waals surface area (Å²) in [7, 11) is 0.754. The summed E-state index contributed by atoms with van der Waals surface area (Å²) >= 11 is 1.43. The minimum atomic E-state index is -3.28. The molecule has 0 N–H and O–H groups in total. The summed E-state index contributed by atoms with van der Waals surface area (Å²) in [6.07, 6.45) is 8.22. The molecule has 4 bridgehead atoms. The van der Waals surface area contributed by atoms with Gasteiger partial charge >= 0.3 is 0 Å². The quantitative estimate of drug-likeness (QED) is 0.654. The average molecular weight is 462 g/mol. The van der Waals surface area contributed by atoms with Gasteiger partial charge in [0.2, 0.25) is 5.91 Å². The Balaban J connectivity index is 1.51. The van der Waals surface area contributed by atoms with E-state index in [-0.39, 0.29) is 11.3 Å². The fraction of sp³-hybridized carbons (Fsp3) is 0.652. The smallest absolute Gasteiger partial charge is 0.235 e. The predicted octanol–water partition coefficient (Wildman–Crippen LogP) is 3.81. The molecule has 1 aromatic carbocycles. The number of anilines is 1. The summed E-state index contributed by atoms with van der Waals surface area (Å²) in [6, 6.07) is 5.04. The number of aromatic nitrogens is 1. The molecule has 0 unspecified atom stereocenters. The maximum absolute atomic E-state index is 14.1. The molecule has 1 amide bonds. The lowest BCUT2D eigenvalue weighted by atomic mass is 9.49. The summed E-state index contributed by atoms with van der Waals surface area (Å²) in [4.78, 5) is 23.2. The SMILES string of the molecule is CN(C)CCN(C(=O)C12CC3CC(CC(C3)C1)C2)c1nc2ccc(S(C)(=O)=O)cc2s1. The van der Waals surface area contributed by atoms with E-state index in [4.69, 9.17) is 4.98 Å². The Kier molecular flexibility index (Phi) is 5.18. The summed E-state index contributed by atoms with van der Waals surface area (Å²) < 4.78 is 24.8. The van der Waals surface area contributed by atoms with Crippen LogP contribution in [0.5, 0.6) is 0 Å². The predicted molar refractivity (Wildman–Crippen MR) is 124 cm³/mol. The fourth-order valence-electron chi connectivity index (χ4n) is 6.48. The number of benzene rings is 1. The monoisotopic (exact) mass is 461 g/mol. The van der Waals surface area contributed by atoms with Crippen LogP contribution in [0.4, 0.5) is 5.13 Å². The van der Waals surface area contributed by atoms with Gasteiger partial charge in [-0.25, -0.2) is 13.4 Å². The fourth-order valence-corrected chi connectivity index (χ4v) is 8.23. The molecule has 4 saturated carbocycles. The van der Waals surface area contributed by atoms with Crippen molar-refractivity contribution < 1.29 is 13.2 Å². The number of likely N-dealkylation sites (N-methyl/N-ethyl adjacent to an activating group) is 1. The zero-order valence-corrected chi connectivity index (χ0v) is 20.1. The van der Waals surface area contributed by atoms with Gasteiger partial charge in [0.25, 0.3) is 0 Å². The lowest BCUT2D eigenvalue weighted by Gasteiger charge is -2.56. The molecular weight excluding hydrogens is 430 g/mol. The molecule has 0 saturated heterocycles. The highest BCUT2D eigenvalue weighted by molar-refractivity contribution is 7.90. The van der Waals surface area contributed by atoms with Crippen LogP contribution in [-0.2, 0) is 14.6 Å². The van der Waals surface area contributed by atoms with Crippen molar-refractivity contribution in [3.63, 3.8) is 0 Å². The van der Waals surface area contributed by atoms with E-state index in [1.165, 1.54) is 36.9 Å². The van der Waals surface area contributed by atoms with Crippen LogP contribution in [-0.4, -0.2) is 57.6 Å². The second-order valence-corrected chi connectivity index (χ2v) is 13.4. The standard InChI is InChI=1S/C23H31N3O3S2/c1-25(2)6-7-26(21(27)23-12-15-8-16(13-23)10-17(9-15)14-23)22-24-19-5-4-18(31(3,28)29)11-20(19)30-22/h4-5,11,15-17H,6-10,12-14H2,1-3H3. The van der Waals surface area contributed by atoms with Crippen molar-refractivity contribution in [2.24, 2.45) is 23.2 Å². The number of hydrogen-bond donors (Lipinski definition) is 0. The number of sulfone groups is 1. The van der Waals surface area contributed by atoms with Gasteiger partial charge in [-0.3, -0.25) is 9.69 Å². The lowest BCUT2D eigenvalue weighted by Crippen LogP contribution is -2.55. The number of carbonyl (C=O) groups is 1. The van der Waals surface area contributed by atoms with Gasteiger partial charge in [0.1, 0.15) is 0 Å². The van der Waals surface area contributed by atoms with Crippen LogP contribution >= 0.6 is 11.3 Å². The number of amides is 1. The molecule has 4 aliphatic rings. The largest absolute Gasteiger partial charge is 0.308 e. The van der Waals surface area contributed by atoms with Crippen molar-refractivity contribution in [2.45, 2.75) is 43.4 Å². The third-order valence-corrected chi connectivity index (χ3v) is 9.67. The third kappa shape index (κ3) is 3.91. The van der Waals surface area contributed by atoms with E-state index >= 15 is 0 Å². The number of hydrogen-bond acceptors (Lipinski definition) is 6. The number of nitrogens with zero attached hydrogens (tertiary/aromatic N) is 3. The van der Waals surface area contributed by atoms with E-state index in [9.17, 15) is 13.2 Å². The van der Waals surface area contributed by atoms with E-state index in [2.05, 4.69) is 4.90 Å². The van der Waals surface area contributed by atoms with Crippen LogP contribution in [0, 0.1) is 23.2 Å². The van der Waals surface area contributed by atoms with Crippen LogP contribution < -0.4 is 4.90 Å². The molecule has 6 nitrogen and oxygen atoms in total. The van der Waals surface area contributed by atoms with Crippen LogP contribution in [0.2, 0.25) is 0 Å². The molecule has 168 valence electrons. The van der Waals surface area contributed by atoms with Gasteiger partial charge in [-0.15, -0.1) is 0 Å². The molecule has 4 aliphatic carbocycles. The van der Waals surface area contributed by atoms with Crippen LogP contribution in [0.15, 0.2) is 23.1 Å². The Morgan fingerprint density at radius 1 is 1.10 bits per heavy atom. The Labute approximate surface area is 188 Å². The zero-order valence-electron chi connectivity index (χ0n) is 18.5. The molecule has 0 atom stereocenters. The molecule has 0 radical (unpaired) electrons. The summed E-state index contributed by atoms with van der Waals surface area (Å²) in [6.45, 7) is 1.37. The molecule has 0 spiro atoms. The summed E-state index contributed by atoms with van der Waals surface area (Å²) in [5.41, 5.74) is 0.525. The van der Waals surface area contributed by atoms with Crippen molar-refractivity contribution in [1.82, 2.24) is 9.88 Å². The van der Waals surface area contributed by atoms with Gasteiger partial charge in [-0.2, -0.15) is 0 Å². The molecule has 0 aliphatic heterocycles. The normalized spacial score (nSPS) is 29.7. The highest BCUT2D eigenvalue weighted by atomic mass is 32.2. The molecule has 8 heteroatoms. The topological polar surface area (TPSA) is 70.6 Å². The second kappa shape index (κ2) is 7.52. The molecule has 4 fully saturated rings. The Morgan fingerprint density at radius 2 is 1.71 bits per heavy atom. The molecular formula is C23H31N3O3S2. The Morgan fingerprint density at radius 3 is 2.26 bits per heavy atom. The number of carbonyl (C=O) groups excluding carboxylic acids is 1. The van der Waals surface area contributed by atoms with Gasteiger partial charge in [-0.1, -0.05) is 11.3 Å². The minimum absolute atomic E-state index is 0.225. The van der Waals surface area contributed by atoms with Gasteiger partial charge in [0, 0.05) is 19.3 Å². The Bertz CT molecular complexity index is 1090. The van der Waals surface area contributed by atoms with E-state index in [1.807, 2.05) is 19.0 Å². The van der Waals surface area contributed by atoms with Crippen molar-refractivity contribution in [3.05, 3.63) is 18.2 Å². The first-order chi connectivity index (χ1) is 14.6. The second-order valence-electron chi connectivity index (χ2n) is 10.4. The number of thiazole rings is 1. The highest BCUT2D eigenvalue weighted by Gasteiger charge is 2.56. The van der Waals surface area contributed by atoms with Crippen molar-refractivity contribution in [2.75, 3.05) is 38.3 Å². The van der Waals surface area contributed by atoms with Gasteiger partial charge in [0.05, 0.1) is 20.5 Å². The van der Waals surface area contributed by atoms with Crippen LogP contribution in [0.25, 0.3) is 10.2 Å². The first-order valence-corrected chi connectivity index (χ1v) is 13.9. The van der Waals surface area contributed by atoms with E-state index < -0.39 is 9.84 Å². The van der Waals surface area contributed by atoms with Crippen molar-refractivity contribution in [1.29, 1.82) is 0 Å². The Hall–Kier alpha value is -1.51. The van der Waals surface area contributed by atoms with Gasteiger partial charge < -0.3 is 4.90 Å². The maximum atomic E-state index is 14.1. The van der Waals surface area contributed by atoms with E-state index in [1.54, 1.807) is 18.2 Å². The van der Waals surface area contributed by atoms with Crippen LogP contribution in [0.1, 0.15) is 38.5 Å². The van der Waals surface area contributed by atoms with Crippen molar-refractivity contribution in [3.8, 4) is 0 Å². The number of rotatable bonds is 6. The highest BCUT2D eigenvalue weighted by Crippen LogP contribution is 2.60. The van der Waals surface area contributed by atoms with Crippen molar-refractivity contribution >= 4 is 42.4 Å².